The quantitative estimate of drug-likeness (QED) is 0.734. The molecule has 0 saturated carbocycles. The number of hydrogen-bond donors (Lipinski definition) is 0. The lowest BCUT2D eigenvalue weighted by Crippen LogP contribution is -2.41. The smallest absolute Gasteiger partial charge is 0.347 e. The summed E-state index contributed by atoms with van der Waals surface area (Å²) in [6.45, 7) is 1.10. The van der Waals surface area contributed by atoms with Gasteiger partial charge in [0, 0.05) is 36.6 Å². The molecule has 124 valence electrons. The van der Waals surface area contributed by atoms with Gasteiger partial charge in [-0.05, 0) is 25.1 Å². The third-order valence-corrected chi connectivity index (χ3v) is 3.81. The standard InChI is InChI=1S/C16H14F3N5/c1-10(16(17,18)19)24(2)15-12-5-8-21-9-13(12)22-14(23-15)11-3-6-20-7-4-11/h3-10H,1-2H3. The second-order valence-electron chi connectivity index (χ2n) is 5.33. The van der Waals surface area contributed by atoms with E-state index in [0.29, 0.717) is 22.3 Å². The first kappa shape index (κ1) is 16.1. The lowest BCUT2D eigenvalue weighted by atomic mass is 10.2. The van der Waals surface area contributed by atoms with Crippen molar-refractivity contribution in [3.8, 4) is 11.4 Å². The summed E-state index contributed by atoms with van der Waals surface area (Å²) in [6.07, 6.45) is 1.81. The lowest BCUT2D eigenvalue weighted by Gasteiger charge is -2.28. The average Bonchev–Trinajstić information content (AvgIpc) is 2.59. The van der Waals surface area contributed by atoms with E-state index in [9.17, 15) is 13.2 Å². The molecule has 0 aliphatic carbocycles. The lowest BCUT2D eigenvalue weighted by molar-refractivity contribution is -0.143. The van der Waals surface area contributed by atoms with E-state index in [1.54, 1.807) is 30.6 Å². The van der Waals surface area contributed by atoms with Crippen molar-refractivity contribution in [1.82, 2.24) is 19.9 Å². The van der Waals surface area contributed by atoms with Gasteiger partial charge in [-0.15, -0.1) is 0 Å². The number of anilines is 1. The van der Waals surface area contributed by atoms with E-state index in [-0.39, 0.29) is 5.82 Å². The molecule has 8 heteroatoms. The van der Waals surface area contributed by atoms with Crippen molar-refractivity contribution < 1.29 is 13.2 Å². The van der Waals surface area contributed by atoms with Gasteiger partial charge in [0.1, 0.15) is 11.9 Å². The molecule has 0 N–H and O–H groups in total. The van der Waals surface area contributed by atoms with Crippen molar-refractivity contribution in [2.45, 2.75) is 19.1 Å². The molecule has 0 aliphatic heterocycles. The highest BCUT2D eigenvalue weighted by atomic mass is 19.4. The first-order valence-corrected chi connectivity index (χ1v) is 7.19. The van der Waals surface area contributed by atoms with Gasteiger partial charge in [-0.25, -0.2) is 9.97 Å². The van der Waals surface area contributed by atoms with Crippen LogP contribution < -0.4 is 4.90 Å². The second-order valence-corrected chi connectivity index (χ2v) is 5.33. The van der Waals surface area contributed by atoms with Crippen LogP contribution in [-0.4, -0.2) is 39.2 Å². The molecule has 1 unspecified atom stereocenters. The first-order valence-electron chi connectivity index (χ1n) is 7.19. The van der Waals surface area contributed by atoms with Gasteiger partial charge in [0.05, 0.1) is 11.7 Å². The highest BCUT2D eigenvalue weighted by Gasteiger charge is 2.39. The number of pyridine rings is 2. The molecule has 0 bridgehead atoms. The summed E-state index contributed by atoms with van der Waals surface area (Å²) in [5, 5.41) is 0.515. The number of halogens is 3. The highest BCUT2D eigenvalue weighted by molar-refractivity contribution is 5.90. The predicted octanol–water partition coefficient (Wildman–Crippen LogP) is 3.47. The zero-order chi connectivity index (χ0) is 17.3. The fraction of sp³-hybridized carbons (Fsp3) is 0.250. The first-order chi connectivity index (χ1) is 11.4. The van der Waals surface area contributed by atoms with Crippen LogP contribution in [0.25, 0.3) is 22.3 Å². The highest BCUT2D eigenvalue weighted by Crippen LogP contribution is 2.31. The summed E-state index contributed by atoms with van der Waals surface area (Å²) < 4.78 is 39.3. The maximum atomic E-state index is 13.1. The molecule has 24 heavy (non-hydrogen) atoms. The number of alkyl halides is 3. The Morgan fingerprint density at radius 3 is 2.33 bits per heavy atom. The third-order valence-electron chi connectivity index (χ3n) is 3.81. The topological polar surface area (TPSA) is 54.8 Å². The molecule has 3 aromatic rings. The van der Waals surface area contributed by atoms with E-state index in [1.807, 2.05) is 0 Å². The van der Waals surface area contributed by atoms with E-state index in [1.165, 1.54) is 19.4 Å². The molecule has 1 atom stereocenters. The molecule has 3 aromatic heterocycles. The average molecular weight is 333 g/mol. The van der Waals surface area contributed by atoms with Crippen molar-refractivity contribution >= 4 is 16.7 Å². The molecule has 0 spiro atoms. The Bertz CT molecular complexity index is 851. The van der Waals surface area contributed by atoms with E-state index in [4.69, 9.17) is 0 Å². The van der Waals surface area contributed by atoms with E-state index < -0.39 is 12.2 Å². The van der Waals surface area contributed by atoms with Crippen molar-refractivity contribution in [2.75, 3.05) is 11.9 Å². The van der Waals surface area contributed by atoms with Crippen LogP contribution in [0.2, 0.25) is 0 Å². The Hall–Kier alpha value is -2.77. The van der Waals surface area contributed by atoms with Crippen LogP contribution in [0.5, 0.6) is 0 Å². The molecule has 0 fully saturated rings. The van der Waals surface area contributed by atoms with E-state index in [2.05, 4.69) is 19.9 Å². The maximum absolute atomic E-state index is 13.1. The molecule has 0 saturated heterocycles. The Morgan fingerprint density at radius 1 is 1.00 bits per heavy atom. The summed E-state index contributed by atoms with van der Waals surface area (Å²) >= 11 is 0. The molecule has 0 radical (unpaired) electrons. The SMILES string of the molecule is CC(N(C)c1nc(-c2ccncc2)nc2cnccc12)C(F)(F)F. The zero-order valence-electron chi connectivity index (χ0n) is 13.0. The number of fused-ring (bicyclic) bond motifs is 1. The van der Waals surface area contributed by atoms with Crippen LogP contribution in [-0.2, 0) is 0 Å². The Kier molecular flexibility index (Phi) is 4.04. The third kappa shape index (κ3) is 2.99. The number of aromatic nitrogens is 4. The normalized spacial score (nSPS) is 13.0. The molecular formula is C16H14F3N5. The van der Waals surface area contributed by atoms with Crippen LogP contribution in [0, 0.1) is 0 Å². The summed E-state index contributed by atoms with van der Waals surface area (Å²) in [7, 11) is 1.37. The van der Waals surface area contributed by atoms with Crippen LogP contribution in [0.15, 0.2) is 43.0 Å². The fourth-order valence-corrected chi connectivity index (χ4v) is 2.27. The minimum atomic E-state index is -4.37. The molecular weight excluding hydrogens is 319 g/mol. The van der Waals surface area contributed by atoms with Gasteiger partial charge in [0.25, 0.3) is 0 Å². The van der Waals surface area contributed by atoms with Crippen LogP contribution in [0.3, 0.4) is 0 Å². The van der Waals surface area contributed by atoms with Gasteiger partial charge in [0.2, 0.25) is 0 Å². The Balaban J connectivity index is 2.19. The molecule has 3 rings (SSSR count). The van der Waals surface area contributed by atoms with E-state index >= 15 is 0 Å². The predicted molar refractivity (Wildman–Crippen MR) is 84.5 cm³/mol. The molecule has 0 aromatic carbocycles. The van der Waals surface area contributed by atoms with Crippen LogP contribution in [0.4, 0.5) is 19.0 Å². The van der Waals surface area contributed by atoms with Crippen molar-refractivity contribution in [1.29, 1.82) is 0 Å². The molecule has 3 heterocycles. The molecule has 0 aliphatic rings. The number of nitrogens with zero attached hydrogens (tertiary/aromatic N) is 5. The zero-order valence-corrected chi connectivity index (χ0v) is 13.0. The summed E-state index contributed by atoms with van der Waals surface area (Å²) in [4.78, 5) is 17.8. The van der Waals surface area contributed by atoms with Gasteiger partial charge in [0.15, 0.2) is 5.82 Å². The van der Waals surface area contributed by atoms with Gasteiger partial charge in [-0.3, -0.25) is 9.97 Å². The van der Waals surface area contributed by atoms with Gasteiger partial charge in [-0.2, -0.15) is 13.2 Å². The number of rotatable bonds is 3. The second kappa shape index (κ2) is 6.03. The van der Waals surface area contributed by atoms with Gasteiger partial charge >= 0.3 is 6.18 Å². The summed E-state index contributed by atoms with van der Waals surface area (Å²) in [5.74, 6) is 0.535. The fourth-order valence-electron chi connectivity index (χ4n) is 2.27. The molecule has 0 amide bonds. The monoisotopic (exact) mass is 333 g/mol. The van der Waals surface area contributed by atoms with Crippen molar-refractivity contribution in [3.63, 3.8) is 0 Å². The minimum absolute atomic E-state index is 0.207. The molecule has 5 nitrogen and oxygen atoms in total. The van der Waals surface area contributed by atoms with Crippen molar-refractivity contribution in [3.05, 3.63) is 43.0 Å². The largest absolute Gasteiger partial charge is 0.408 e. The summed E-state index contributed by atoms with van der Waals surface area (Å²) in [6, 6.07) is 3.33. The Labute approximate surface area is 136 Å². The Morgan fingerprint density at radius 2 is 1.67 bits per heavy atom. The van der Waals surface area contributed by atoms with E-state index in [0.717, 1.165) is 11.8 Å². The number of hydrogen-bond acceptors (Lipinski definition) is 5. The van der Waals surface area contributed by atoms with Gasteiger partial charge < -0.3 is 4.90 Å². The van der Waals surface area contributed by atoms with Gasteiger partial charge in [-0.1, -0.05) is 0 Å². The van der Waals surface area contributed by atoms with Crippen LogP contribution in [0.1, 0.15) is 6.92 Å². The minimum Gasteiger partial charge on any atom is -0.347 e. The van der Waals surface area contributed by atoms with Crippen molar-refractivity contribution in [2.24, 2.45) is 0 Å². The summed E-state index contributed by atoms with van der Waals surface area (Å²) in [5.41, 5.74) is 1.15. The maximum Gasteiger partial charge on any atom is 0.408 e. The van der Waals surface area contributed by atoms with Crippen LogP contribution >= 0.6 is 0 Å².